The Hall–Kier alpha value is -0.810. The summed E-state index contributed by atoms with van der Waals surface area (Å²) < 4.78 is 0. The van der Waals surface area contributed by atoms with Gasteiger partial charge in [0.15, 0.2) is 12.2 Å². The lowest BCUT2D eigenvalue weighted by Gasteiger charge is -2.35. The molecule has 110 valence electrons. The van der Waals surface area contributed by atoms with E-state index in [2.05, 4.69) is 24.2 Å². The minimum atomic E-state index is -0.586. The first-order valence-corrected chi connectivity index (χ1v) is 7.43. The number of aliphatic hydroxyl groups excluding tert-OH is 1. The predicted octanol–water partition coefficient (Wildman–Crippen LogP) is 0.740. The lowest BCUT2D eigenvalue weighted by molar-refractivity contribution is -0.00370. The van der Waals surface area contributed by atoms with Gasteiger partial charge in [-0.15, -0.1) is 0 Å². The topological polar surface area (TPSA) is 73.9 Å². The predicted molar refractivity (Wildman–Crippen MR) is 77.8 cm³/mol. The Kier molecular flexibility index (Phi) is 4.36. The molecule has 2 aliphatic heterocycles. The van der Waals surface area contributed by atoms with Gasteiger partial charge in [-0.05, 0) is 51.1 Å². The summed E-state index contributed by atoms with van der Waals surface area (Å²) in [4.78, 5) is 6.43. The second kappa shape index (κ2) is 5.67. The van der Waals surface area contributed by atoms with Crippen LogP contribution in [0.2, 0.25) is 0 Å². The summed E-state index contributed by atoms with van der Waals surface area (Å²) in [5, 5.41) is 14.0. The van der Waals surface area contributed by atoms with Crippen molar-refractivity contribution < 1.29 is 5.11 Å². The van der Waals surface area contributed by atoms with Crippen molar-refractivity contribution in [2.75, 3.05) is 19.6 Å². The first-order valence-electron chi connectivity index (χ1n) is 7.43. The number of nitrogens with one attached hydrogen (secondary N) is 1. The third kappa shape index (κ3) is 3.20. The second-order valence-electron chi connectivity index (χ2n) is 6.66. The Morgan fingerprint density at radius 1 is 1.58 bits per heavy atom. The zero-order valence-corrected chi connectivity index (χ0v) is 12.4. The molecule has 0 saturated carbocycles. The van der Waals surface area contributed by atoms with Crippen molar-refractivity contribution in [3.05, 3.63) is 0 Å². The molecule has 0 spiro atoms. The van der Waals surface area contributed by atoms with Gasteiger partial charge in [-0.25, -0.2) is 4.99 Å². The van der Waals surface area contributed by atoms with E-state index in [0.29, 0.717) is 17.8 Å². The number of nitrogens with zero attached hydrogens (tertiary/aromatic N) is 2. The largest absolute Gasteiger partial charge is 0.371 e. The molecule has 4 N–H and O–H groups in total. The minimum absolute atomic E-state index is 0.458. The fraction of sp³-hybridized carbons (Fsp3) is 0.929. The molecule has 0 amide bonds. The zero-order valence-electron chi connectivity index (χ0n) is 12.4. The van der Waals surface area contributed by atoms with Crippen LogP contribution in [0.15, 0.2) is 4.99 Å². The van der Waals surface area contributed by atoms with Gasteiger partial charge in [0.05, 0.1) is 0 Å². The number of hydrogen-bond acceptors (Lipinski definition) is 5. The van der Waals surface area contributed by atoms with E-state index in [0.717, 1.165) is 26.1 Å². The SMILES string of the molecule is CC(C)CC1(C)N=C(N)N(CC2CCCNC2)C1O. The molecular weight excluding hydrogens is 240 g/mol. The molecule has 5 heteroatoms. The first-order chi connectivity index (χ1) is 8.92. The summed E-state index contributed by atoms with van der Waals surface area (Å²) in [6, 6.07) is 0. The Bertz CT molecular complexity index is 338. The highest BCUT2D eigenvalue weighted by atomic mass is 16.3. The number of piperidine rings is 1. The lowest BCUT2D eigenvalue weighted by Crippen LogP contribution is -2.50. The molecule has 1 fully saturated rings. The van der Waals surface area contributed by atoms with Gasteiger partial charge in [0.1, 0.15) is 5.54 Å². The monoisotopic (exact) mass is 268 g/mol. The maximum atomic E-state index is 10.6. The fourth-order valence-corrected chi connectivity index (χ4v) is 3.37. The van der Waals surface area contributed by atoms with Gasteiger partial charge < -0.3 is 21.1 Å². The van der Waals surface area contributed by atoms with E-state index in [1.807, 2.05) is 11.8 Å². The third-order valence-electron chi connectivity index (χ3n) is 4.19. The number of nitrogens with two attached hydrogens (primary N) is 1. The molecule has 0 radical (unpaired) electrons. The lowest BCUT2D eigenvalue weighted by atomic mass is 9.89. The van der Waals surface area contributed by atoms with Crippen LogP contribution in [-0.4, -0.2) is 47.4 Å². The summed E-state index contributed by atoms with van der Waals surface area (Å²) in [5.74, 6) is 1.55. The Morgan fingerprint density at radius 3 is 2.89 bits per heavy atom. The number of rotatable bonds is 4. The molecular formula is C14H28N4O. The Morgan fingerprint density at radius 2 is 2.32 bits per heavy atom. The molecule has 0 aliphatic carbocycles. The molecule has 2 aliphatic rings. The van der Waals surface area contributed by atoms with Crippen LogP contribution in [0.5, 0.6) is 0 Å². The summed E-state index contributed by atoms with van der Waals surface area (Å²) in [6.07, 6.45) is 2.67. The zero-order chi connectivity index (χ0) is 14.0. The second-order valence-corrected chi connectivity index (χ2v) is 6.66. The van der Waals surface area contributed by atoms with Gasteiger partial charge in [-0.1, -0.05) is 13.8 Å². The van der Waals surface area contributed by atoms with Gasteiger partial charge in [0, 0.05) is 6.54 Å². The van der Waals surface area contributed by atoms with E-state index in [4.69, 9.17) is 5.73 Å². The van der Waals surface area contributed by atoms with Crippen molar-refractivity contribution in [2.45, 2.75) is 51.8 Å². The summed E-state index contributed by atoms with van der Waals surface area (Å²) >= 11 is 0. The van der Waals surface area contributed by atoms with Crippen molar-refractivity contribution in [3.63, 3.8) is 0 Å². The van der Waals surface area contributed by atoms with Crippen molar-refractivity contribution in [1.82, 2.24) is 10.2 Å². The highest BCUT2D eigenvalue weighted by Crippen LogP contribution is 2.32. The number of aliphatic hydroxyl groups is 1. The van der Waals surface area contributed by atoms with Crippen LogP contribution in [0, 0.1) is 11.8 Å². The van der Waals surface area contributed by atoms with Gasteiger partial charge in [-0.2, -0.15) is 0 Å². The molecule has 3 unspecified atom stereocenters. The van der Waals surface area contributed by atoms with Crippen molar-refractivity contribution in [1.29, 1.82) is 0 Å². The van der Waals surface area contributed by atoms with Gasteiger partial charge in [-0.3, -0.25) is 0 Å². The van der Waals surface area contributed by atoms with Gasteiger partial charge in [0.2, 0.25) is 0 Å². The normalized spacial score (nSPS) is 35.8. The van der Waals surface area contributed by atoms with Crippen LogP contribution in [-0.2, 0) is 0 Å². The van der Waals surface area contributed by atoms with E-state index < -0.39 is 11.8 Å². The molecule has 2 rings (SSSR count). The number of hydrogen-bond donors (Lipinski definition) is 3. The van der Waals surface area contributed by atoms with Gasteiger partial charge in [0.25, 0.3) is 0 Å². The maximum absolute atomic E-state index is 10.6. The quantitative estimate of drug-likeness (QED) is 0.703. The summed E-state index contributed by atoms with van der Waals surface area (Å²) in [7, 11) is 0. The first kappa shape index (κ1) is 14.6. The van der Waals surface area contributed by atoms with E-state index in [1.165, 1.54) is 12.8 Å². The van der Waals surface area contributed by atoms with Crippen molar-refractivity contribution >= 4 is 5.96 Å². The Labute approximate surface area is 116 Å². The molecule has 3 atom stereocenters. The van der Waals surface area contributed by atoms with E-state index >= 15 is 0 Å². The van der Waals surface area contributed by atoms with E-state index in [1.54, 1.807) is 0 Å². The average Bonchev–Trinajstić information content (AvgIpc) is 2.53. The van der Waals surface area contributed by atoms with Crippen LogP contribution in [0.4, 0.5) is 0 Å². The molecule has 0 aromatic heterocycles. The molecule has 2 heterocycles. The highest BCUT2D eigenvalue weighted by Gasteiger charge is 2.44. The fourth-order valence-electron chi connectivity index (χ4n) is 3.37. The molecule has 5 nitrogen and oxygen atoms in total. The highest BCUT2D eigenvalue weighted by molar-refractivity contribution is 5.81. The van der Waals surface area contributed by atoms with Crippen LogP contribution < -0.4 is 11.1 Å². The maximum Gasteiger partial charge on any atom is 0.194 e. The number of aliphatic imine (C=N–C) groups is 1. The van der Waals surface area contributed by atoms with Crippen LogP contribution >= 0.6 is 0 Å². The summed E-state index contributed by atoms with van der Waals surface area (Å²) in [6.45, 7) is 9.22. The molecule has 0 aromatic carbocycles. The van der Waals surface area contributed by atoms with Crippen molar-refractivity contribution in [3.8, 4) is 0 Å². The molecule has 1 saturated heterocycles. The van der Waals surface area contributed by atoms with E-state index in [-0.39, 0.29) is 0 Å². The van der Waals surface area contributed by atoms with Crippen LogP contribution in [0.25, 0.3) is 0 Å². The molecule has 19 heavy (non-hydrogen) atoms. The number of guanidine groups is 1. The molecule has 0 aromatic rings. The third-order valence-corrected chi connectivity index (χ3v) is 4.19. The smallest absolute Gasteiger partial charge is 0.194 e. The minimum Gasteiger partial charge on any atom is -0.371 e. The van der Waals surface area contributed by atoms with Crippen LogP contribution in [0.1, 0.15) is 40.0 Å². The standard InChI is InChI=1S/C14H28N4O/c1-10(2)7-14(3)12(19)18(13(15)17-14)9-11-5-4-6-16-8-11/h10-12,16,19H,4-9H2,1-3H3,(H2,15,17). The van der Waals surface area contributed by atoms with Crippen molar-refractivity contribution in [2.24, 2.45) is 22.6 Å². The van der Waals surface area contributed by atoms with Crippen LogP contribution in [0.3, 0.4) is 0 Å². The summed E-state index contributed by atoms with van der Waals surface area (Å²) in [5.41, 5.74) is 5.58. The van der Waals surface area contributed by atoms with E-state index in [9.17, 15) is 5.11 Å². The average molecular weight is 268 g/mol. The van der Waals surface area contributed by atoms with Gasteiger partial charge >= 0.3 is 0 Å². The molecule has 0 bridgehead atoms. The Balaban J connectivity index is 2.00.